The van der Waals surface area contributed by atoms with Crippen molar-refractivity contribution >= 4 is 5.69 Å². The number of nitrogens with two attached hydrogens (primary N) is 2. The summed E-state index contributed by atoms with van der Waals surface area (Å²) >= 11 is 0. The van der Waals surface area contributed by atoms with Gasteiger partial charge in [0.2, 0.25) is 0 Å². The topological polar surface area (TPSA) is 64.9 Å². The van der Waals surface area contributed by atoms with Crippen LogP contribution in [0.15, 0.2) is 84.9 Å². The molecule has 4 aromatic rings. The van der Waals surface area contributed by atoms with E-state index in [9.17, 15) is 0 Å². The molecule has 4 heteroatoms. The molecule has 3 aromatic carbocycles. The van der Waals surface area contributed by atoms with Crippen molar-refractivity contribution in [3.05, 3.63) is 96.3 Å². The minimum absolute atomic E-state index is 0.257. The normalized spacial score (nSPS) is 10.8. The molecule has 0 saturated heterocycles. The van der Waals surface area contributed by atoms with Crippen molar-refractivity contribution in [3.63, 3.8) is 0 Å². The summed E-state index contributed by atoms with van der Waals surface area (Å²) in [7, 11) is 0. The number of nitrogens with zero attached hydrogens (tertiary/aromatic N) is 1. The van der Waals surface area contributed by atoms with Gasteiger partial charge in [-0.3, -0.25) is 0 Å². The Labute approximate surface area is 163 Å². The second-order valence-electron chi connectivity index (χ2n) is 6.50. The van der Waals surface area contributed by atoms with Gasteiger partial charge in [0.15, 0.2) is 5.82 Å². The average molecular weight is 369 g/mol. The smallest absolute Gasteiger partial charge is 0.159 e. The van der Waals surface area contributed by atoms with Crippen LogP contribution in [-0.4, -0.2) is 4.98 Å². The third-order valence-corrected chi connectivity index (χ3v) is 4.78. The van der Waals surface area contributed by atoms with E-state index in [0.717, 1.165) is 11.1 Å². The highest BCUT2D eigenvalue weighted by molar-refractivity contribution is 5.90. The van der Waals surface area contributed by atoms with Crippen molar-refractivity contribution in [2.24, 2.45) is 5.73 Å². The monoisotopic (exact) mass is 369 g/mol. The SMILES string of the molecule is NCc1ccccc1-c1nc(-c2ccccc2)c(N)c(-c2ccccc2)c1F. The molecule has 0 spiro atoms. The Hall–Kier alpha value is -3.50. The van der Waals surface area contributed by atoms with Crippen molar-refractivity contribution in [2.75, 3.05) is 5.73 Å². The van der Waals surface area contributed by atoms with Crippen LogP contribution in [0.5, 0.6) is 0 Å². The van der Waals surface area contributed by atoms with Crippen molar-refractivity contribution in [1.82, 2.24) is 4.98 Å². The fourth-order valence-corrected chi connectivity index (χ4v) is 3.39. The summed E-state index contributed by atoms with van der Waals surface area (Å²) in [5.74, 6) is -0.440. The molecule has 0 saturated carbocycles. The summed E-state index contributed by atoms with van der Waals surface area (Å²) in [5, 5.41) is 0. The molecule has 0 atom stereocenters. The van der Waals surface area contributed by atoms with Crippen molar-refractivity contribution in [2.45, 2.75) is 6.54 Å². The predicted octanol–water partition coefficient (Wildman–Crippen LogP) is 5.26. The van der Waals surface area contributed by atoms with E-state index in [1.54, 1.807) is 0 Å². The first-order chi connectivity index (χ1) is 13.7. The summed E-state index contributed by atoms with van der Waals surface area (Å²) in [5.41, 5.74) is 16.9. The molecule has 0 unspecified atom stereocenters. The molecule has 0 aliphatic heterocycles. The van der Waals surface area contributed by atoms with Crippen LogP contribution in [0.4, 0.5) is 10.1 Å². The number of pyridine rings is 1. The molecule has 4 rings (SSSR count). The third-order valence-electron chi connectivity index (χ3n) is 4.78. The first-order valence-electron chi connectivity index (χ1n) is 9.09. The highest BCUT2D eigenvalue weighted by atomic mass is 19.1. The number of rotatable bonds is 4. The van der Waals surface area contributed by atoms with E-state index in [-0.39, 0.29) is 5.69 Å². The summed E-state index contributed by atoms with van der Waals surface area (Å²) < 4.78 is 15.7. The van der Waals surface area contributed by atoms with Gasteiger partial charge in [-0.2, -0.15) is 0 Å². The van der Waals surface area contributed by atoms with Gasteiger partial charge in [0.1, 0.15) is 5.69 Å². The van der Waals surface area contributed by atoms with Crippen LogP contribution in [0.3, 0.4) is 0 Å². The molecule has 0 amide bonds. The lowest BCUT2D eigenvalue weighted by atomic mass is 9.95. The van der Waals surface area contributed by atoms with E-state index in [4.69, 9.17) is 11.5 Å². The molecule has 4 N–H and O–H groups in total. The molecule has 1 aromatic heterocycles. The van der Waals surface area contributed by atoms with Gasteiger partial charge in [0, 0.05) is 23.2 Å². The zero-order chi connectivity index (χ0) is 19.5. The molecule has 0 fully saturated rings. The van der Waals surface area contributed by atoms with Gasteiger partial charge in [-0.1, -0.05) is 84.9 Å². The van der Waals surface area contributed by atoms with Gasteiger partial charge in [-0.25, -0.2) is 9.37 Å². The Bertz CT molecular complexity index is 1110. The number of hydrogen-bond donors (Lipinski definition) is 2. The molecule has 3 nitrogen and oxygen atoms in total. The van der Waals surface area contributed by atoms with Crippen LogP contribution in [0, 0.1) is 5.82 Å². The Morgan fingerprint density at radius 3 is 1.93 bits per heavy atom. The van der Waals surface area contributed by atoms with Crippen molar-refractivity contribution in [3.8, 4) is 33.6 Å². The Kier molecular flexibility index (Phi) is 4.87. The molecule has 0 aliphatic carbocycles. The summed E-state index contributed by atoms with van der Waals surface area (Å²) in [6.07, 6.45) is 0. The van der Waals surface area contributed by atoms with E-state index in [1.165, 1.54) is 0 Å². The molecule has 1 heterocycles. The zero-order valence-electron chi connectivity index (χ0n) is 15.3. The second kappa shape index (κ2) is 7.62. The second-order valence-corrected chi connectivity index (χ2v) is 6.50. The van der Waals surface area contributed by atoms with Crippen LogP contribution in [0.1, 0.15) is 5.56 Å². The highest BCUT2D eigenvalue weighted by Crippen LogP contribution is 2.40. The van der Waals surface area contributed by atoms with Crippen LogP contribution >= 0.6 is 0 Å². The van der Waals surface area contributed by atoms with E-state index in [1.807, 2.05) is 84.9 Å². The van der Waals surface area contributed by atoms with E-state index in [2.05, 4.69) is 4.98 Å². The lowest BCUT2D eigenvalue weighted by molar-refractivity contribution is 0.630. The minimum Gasteiger partial charge on any atom is -0.396 e. The predicted molar refractivity (Wildman–Crippen MR) is 113 cm³/mol. The molecular formula is C24H20FN3. The number of hydrogen-bond acceptors (Lipinski definition) is 3. The first-order valence-corrected chi connectivity index (χ1v) is 9.09. The van der Waals surface area contributed by atoms with Crippen LogP contribution < -0.4 is 11.5 Å². The Morgan fingerprint density at radius 2 is 1.29 bits per heavy atom. The maximum atomic E-state index is 15.7. The van der Waals surface area contributed by atoms with Crippen molar-refractivity contribution in [1.29, 1.82) is 0 Å². The van der Waals surface area contributed by atoms with Crippen LogP contribution in [0.25, 0.3) is 33.6 Å². The van der Waals surface area contributed by atoms with Gasteiger partial charge in [-0.15, -0.1) is 0 Å². The number of aromatic nitrogens is 1. The fraction of sp³-hybridized carbons (Fsp3) is 0.0417. The number of benzene rings is 3. The average Bonchev–Trinajstić information content (AvgIpc) is 2.75. The Balaban J connectivity index is 2.07. The molecule has 138 valence electrons. The maximum Gasteiger partial charge on any atom is 0.159 e. The van der Waals surface area contributed by atoms with E-state index in [0.29, 0.717) is 34.6 Å². The van der Waals surface area contributed by atoms with Crippen LogP contribution in [0.2, 0.25) is 0 Å². The summed E-state index contributed by atoms with van der Waals surface area (Å²) in [6.45, 7) is 0.295. The Morgan fingerprint density at radius 1 is 0.714 bits per heavy atom. The quantitative estimate of drug-likeness (QED) is 0.515. The first kappa shape index (κ1) is 17.9. The number of nitrogen functional groups attached to an aromatic ring is 1. The lowest BCUT2D eigenvalue weighted by Gasteiger charge is -2.17. The summed E-state index contributed by atoms with van der Waals surface area (Å²) in [4.78, 5) is 4.65. The maximum absolute atomic E-state index is 15.7. The largest absolute Gasteiger partial charge is 0.396 e. The lowest BCUT2D eigenvalue weighted by Crippen LogP contribution is -2.06. The molecule has 0 bridgehead atoms. The van der Waals surface area contributed by atoms with Crippen LogP contribution in [-0.2, 0) is 6.54 Å². The zero-order valence-corrected chi connectivity index (χ0v) is 15.3. The number of halogens is 1. The minimum atomic E-state index is -0.440. The van der Waals surface area contributed by atoms with E-state index < -0.39 is 5.82 Å². The standard InChI is InChI=1S/C24H20FN3/c25-21-20(16-9-3-1-4-10-16)22(27)23(17-11-5-2-6-12-17)28-24(21)19-14-8-7-13-18(19)15-26/h1-14H,15,26-27H2. The van der Waals surface area contributed by atoms with Gasteiger partial charge in [0.05, 0.1) is 11.4 Å². The molecule has 0 aliphatic rings. The van der Waals surface area contributed by atoms with Gasteiger partial charge in [0.25, 0.3) is 0 Å². The fourth-order valence-electron chi connectivity index (χ4n) is 3.39. The molecule has 0 radical (unpaired) electrons. The van der Waals surface area contributed by atoms with E-state index >= 15 is 4.39 Å². The van der Waals surface area contributed by atoms with Gasteiger partial charge in [-0.05, 0) is 11.1 Å². The van der Waals surface area contributed by atoms with Crippen molar-refractivity contribution < 1.29 is 4.39 Å². The molecule has 28 heavy (non-hydrogen) atoms. The third kappa shape index (κ3) is 3.15. The number of anilines is 1. The molecular weight excluding hydrogens is 349 g/mol. The highest BCUT2D eigenvalue weighted by Gasteiger charge is 2.22. The van der Waals surface area contributed by atoms with Gasteiger partial charge < -0.3 is 11.5 Å². The summed E-state index contributed by atoms with van der Waals surface area (Å²) in [6, 6.07) is 26.4. The van der Waals surface area contributed by atoms with Gasteiger partial charge >= 0.3 is 0 Å².